The Kier molecular flexibility index (Phi) is 6.39. The first-order chi connectivity index (χ1) is 13.1. The summed E-state index contributed by atoms with van der Waals surface area (Å²) in [5.74, 6) is -0.0345. The fourth-order valence-corrected chi connectivity index (χ4v) is 3.41. The molecule has 0 N–H and O–H groups in total. The Labute approximate surface area is 169 Å². The highest BCUT2D eigenvalue weighted by molar-refractivity contribution is 6.34. The van der Waals surface area contributed by atoms with Gasteiger partial charge in [0, 0.05) is 48.0 Å². The highest BCUT2D eigenvalue weighted by Crippen LogP contribution is 2.22. The molecule has 27 heavy (non-hydrogen) atoms. The van der Waals surface area contributed by atoms with E-state index in [0.717, 1.165) is 30.8 Å². The lowest BCUT2D eigenvalue weighted by Crippen LogP contribution is -2.34. The number of nitriles is 1. The average Bonchev–Trinajstić information content (AvgIpc) is 2.95. The smallest absolute Gasteiger partial charge is 0.246 e. The zero-order chi connectivity index (χ0) is 19.2. The van der Waals surface area contributed by atoms with E-state index in [0.29, 0.717) is 28.7 Å². The molecule has 4 nitrogen and oxygen atoms in total. The normalized spacial score (nSPS) is 14.9. The molecule has 3 rings (SSSR count). The quantitative estimate of drug-likeness (QED) is 0.707. The van der Waals surface area contributed by atoms with Crippen molar-refractivity contribution >= 4 is 40.9 Å². The molecule has 0 spiro atoms. The van der Waals surface area contributed by atoms with Gasteiger partial charge < -0.3 is 9.80 Å². The Morgan fingerprint density at radius 1 is 1.04 bits per heavy atom. The Morgan fingerprint density at radius 3 is 2.56 bits per heavy atom. The van der Waals surface area contributed by atoms with E-state index in [4.69, 9.17) is 28.5 Å². The van der Waals surface area contributed by atoms with Gasteiger partial charge in [-0.1, -0.05) is 23.2 Å². The standard InChI is InChI=1S/C21H19Cl2N3O/c22-18-5-8-20(23)17(14-18)4-9-21(27)26-11-1-10-25(12-13-26)19-6-2-16(15-24)3-7-19/h2-9,14H,1,10-13H2/b9-4+. The second-order valence-corrected chi connectivity index (χ2v) is 7.17. The van der Waals surface area contributed by atoms with E-state index in [-0.39, 0.29) is 5.91 Å². The lowest BCUT2D eigenvalue weighted by molar-refractivity contribution is -0.125. The van der Waals surface area contributed by atoms with E-state index in [1.165, 1.54) is 0 Å². The van der Waals surface area contributed by atoms with Crippen LogP contribution in [0.4, 0.5) is 5.69 Å². The molecular weight excluding hydrogens is 381 g/mol. The first-order valence-corrected chi connectivity index (χ1v) is 9.49. The minimum absolute atomic E-state index is 0.0345. The summed E-state index contributed by atoms with van der Waals surface area (Å²) in [6, 6.07) is 14.9. The summed E-state index contributed by atoms with van der Waals surface area (Å²) >= 11 is 12.1. The van der Waals surface area contributed by atoms with Gasteiger partial charge in [0.25, 0.3) is 0 Å². The number of amides is 1. The third kappa shape index (κ3) is 5.03. The highest BCUT2D eigenvalue weighted by atomic mass is 35.5. The molecule has 0 bridgehead atoms. The van der Waals surface area contributed by atoms with E-state index in [1.807, 2.05) is 29.2 Å². The molecule has 138 valence electrons. The first kappa shape index (κ1) is 19.3. The maximum atomic E-state index is 12.6. The molecule has 0 aromatic heterocycles. The van der Waals surface area contributed by atoms with Crippen LogP contribution in [0.2, 0.25) is 10.0 Å². The second-order valence-electron chi connectivity index (χ2n) is 6.32. The van der Waals surface area contributed by atoms with E-state index in [2.05, 4.69) is 11.0 Å². The molecule has 0 atom stereocenters. The predicted octanol–water partition coefficient (Wildman–Crippen LogP) is 4.62. The van der Waals surface area contributed by atoms with Crippen LogP contribution in [0.1, 0.15) is 17.5 Å². The van der Waals surface area contributed by atoms with Crippen molar-refractivity contribution in [3.05, 3.63) is 69.7 Å². The molecule has 1 heterocycles. The molecule has 1 aliphatic heterocycles. The van der Waals surface area contributed by atoms with Crippen molar-refractivity contribution in [3.63, 3.8) is 0 Å². The SMILES string of the molecule is N#Cc1ccc(N2CCCN(C(=O)/C=C/c3cc(Cl)ccc3Cl)CC2)cc1. The number of benzene rings is 2. The molecule has 0 aliphatic carbocycles. The summed E-state index contributed by atoms with van der Waals surface area (Å²) in [4.78, 5) is 16.6. The minimum Gasteiger partial charge on any atom is -0.370 e. The van der Waals surface area contributed by atoms with Crippen LogP contribution in [0.3, 0.4) is 0 Å². The van der Waals surface area contributed by atoms with Crippen LogP contribution in [0.15, 0.2) is 48.5 Å². The molecule has 6 heteroatoms. The Bertz CT molecular complexity index is 887. The van der Waals surface area contributed by atoms with Crippen LogP contribution in [-0.2, 0) is 4.79 Å². The van der Waals surface area contributed by atoms with Crippen molar-refractivity contribution in [1.29, 1.82) is 5.26 Å². The number of nitrogens with zero attached hydrogens (tertiary/aromatic N) is 3. The lowest BCUT2D eigenvalue weighted by atomic mass is 10.2. The Balaban J connectivity index is 1.63. The number of carbonyl (C=O) groups is 1. The number of anilines is 1. The third-order valence-corrected chi connectivity index (χ3v) is 5.11. The van der Waals surface area contributed by atoms with Gasteiger partial charge >= 0.3 is 0 Å². The number of carbonyl (C=O) groups excluding carboxylic acids is 1. The summed E-state index contributed by atoms with van der Waals surface area (Å²) in [6.07, 6.45) is 4.15. The van der Waals surface area contributed by atoms with Gasteiger partial charge in [0.1, 0.15) is 0 Å². The molecule has 1 fully saturated rings. The molecule has 0 unspecified atom stereocenters. The van der Waals surface area contributed by atoms with E-state index >= 15 is 0 Å². The molecule has 1 amide bonds. The highest BCUT2D eigenvalue weighted by Gasteiger charge is 2.18. The first-order valence-electron chi connectivity index (χ1n) is 8.74. The van der Waals surface area contributed by atoms with Crippen LogP contribution in [0, 0.1) is 11.3 Å². The maximum absolute atomic E-state index is 12.6. The van der Waals surface area contributed by atoms with Crippen molar-refractivity contribution in [3.8, 4) is 6.07 Å². The van der Waals surface area contributed by atoms with Crippen LogP contribution in [0.25, 0.3) is 6.08 Å². The van der Waals surface area contributed by atoms with E-state index in [9.17, 15) is 4.79 Å². The zero-order valence-corrected chi connectivity index (χ0v) is 16.2. The van der Waals surface area contributed by atoms with Gasteiger partial charge in [-0.2, -0.15) is 5.26 Å². The topological polar surface area (TPSA) is 47.3 Å². The van der Waals surface area contributed by atoms with Gasteiger partial charge in [-0.25, -0.2) is 0 Å². The van der Waals surface area contributed by atoms with E-state index in [1.54, 1.807) is 30.4 Å². The number of rotatable bonds is 3. The zero-order valence-electron chi connectivity index (χ0n) is 14.7. The largest absolute Gasteiger partial charge is 0.370 e. The molecule has 1 saturated heterocycles. The summed E-state index contributed by atoms with van der Waals surface area (Å²) in [7, 11) is 0. The number of halogens is 2. The summed E-state index contributed by atoms with van der Waals surface area (Å²) < 4.78 is 0. The molecule has 1 aliphatic rings. The summed E-state index contributed by atoms with van der Waals surface area (Å²) in [5.41, 5.74) is 2.45. The van der Waals surface area contributed by atoms with Crippen LogP contribution in [0.5, 0.6) is 0 Å². The van der Waals surface area contributed by atoms with Crippen molar-refractivity contribution in [2.24, 2.45) is 0 Å². The van der Waals surface area contributed by atoms with E-state index < -0.39 is 0 Å². The van der Waals surface area contributed by atoms with Gasteiger partial charge in [0.15, 0.2) is 0 Å². The number of hydrogen-bond acceptors (Lipinski definition) is 3. The molecule has 2 aromatic rings. The molecule has 2 aromatic carbocycles. The van der Waals surface area contributed by atoms with Crippen molar-refractivity contribution < 1.29 is 4.79 Å². The van der Waals surface area contributed by atoms with Crippen LogP contribution < -0.4 is 4.90 Å². The Hall–Kier alpha value is -2.48. The van der Waals surface area contributed by atoms with Gasteiger partial charge in [-0.05, 0) is 60.5 Å². The fourth-order valence-electron chi connectivity index (χ4n) is 3.05. The monoisotopic (exact) mass is 399 g/mol. The lowest BCUT2D eigenvalue weighted by Gasteiger charge is -2.23. The second kappa shape index (κ2) is 8.94. The van der Waals surface area contributed by atoms with Crippen molar-refractivity contribution in [2.75, 3.05) is 31.1 Å². The maximum Gasteiger partial charge on any atom is 0.246 e. The average molecular weight is 400 g/mol. The minimum atomic E-state index is -0.0345. The Morgan fingerprint density at radius 2 is 1.81 bits per heavy atom. The molecule has 0 saturated carbocycles. The van der Waals surface area contributed by atoms with Gasteiger partial charge in [-0.15, -0.1) is 0 Å². The van der Waals surface area contributed by atoms with Gasteiger partial charge in [0.2, 0.25) is 5.91 Å². The third-order valence-electron chi connectivity index (χ3n) is 4.53. The fraction of sp³-hybridized carbons (Fsp3) is 0.238. The van der Waals surface area contributed by atoms with Crippen LogP contribution in [-0.4, -0.2) is 37.0 Å². The molecule has 0 radical (unpaired) electrons. The predicted molar refractivity (Wildman–Crippen MR) is 110 cm³/mol. The van der Waals surface area contributed by atoms with Crippen LogP contribution >= 0.6 is 23.2 Å². The van der Waals surface area contributed by atoms with Gasteiger partial charge in [-0.3, -0.25) is 4.79 Å². The summed E-state index contributed by atoms with van der Waals surface area (Å²) in [6.45, 7) is 2.98. The van der Waals surface area contributed by atoms with Crippen molar-refractivity contribution in [1.82, 2.24) is 4.90 Å². The van der Waals surface area contributed by atoms with Crippen molar-refractivity contribution in [2.45, 2.75) is 6.42 Å². The summed E-state index contributed by atoms with van der Waals surface area (Å²) in [5, 5.41) is 10.1. The van der Waals surface area contributed by atoms with Gasteiger partial charge in [0.05, 0.1) is 11.6 Å². The number of hydrogen-bond donors (Lipinski definition) is 0. The molecular formula is C21H19Cl2N3O.